The van der Waals surface area contributed by atoms with Crippen molar-refractivity contribution in [3.63, 3.8) is 0 Å². The number of anilines is 1. The van der Waals surface area contributed by atoms with Crippen molar-refractivity contribution in [2.45, 2.75) is 45.3 Å². The van der Waals surface area contributed by atoms with Crippen LogP contribution in [-0.2, 0) is 16.4 Å². The van der Waals surface area contributed by atoms with Gasteiger partial charge in [0.1, 0.15) is 5.75 Å². The monoisotopic (exact) mass is 431 g/mol. The molecule has 6 nitrogen and oxygen atoms in total. The normalized spacial score (nSPS) is 20.3. The average molecular weight is 432 g/mol. The molecule has 0 spiro atoms. The third-order valence-electron chi connectivity index (χ3n) is 5.69. The van der Waals surface area contributed by atoms with E-state index in [1.807, 2.05) is 49.2 Å². The smallest absolute Gasteiger partial charge is 0.231 e. The maximum atomic E-state index is 12.0. The van der Waals surface area contributed by atoms with Crippen molar-refractivity contribution < 1.29 is 13.2 Å². The van der Waals surface area contributed by atoms with Gasteiger partial charge in [0.05, 0.1) is 24.1 Å². The second-order valence-corrected chi connectivity index (χ2v) is 10.4. The zero-order valence-electron chi connectivity index (χ0n) is 18.3. The van der Waals surface area contributed by atoms with E-state index < -0.39 is 10.0 Å². The molecule has 0 aliphatic carbocycles. The molecule has 0 aromatic heterocycles. The van der Waals surface area contributed by atoms with Crippen LogP contribution in [0.5, 0.6) is 5.75 Å². The Labute approximate surface area is 180 Å². The summed E-state index contributed by atoms with van der Waals surface area (Å²) in [6.07, 6.45) is 4.10. The van der Waals surface area contributed by atoms with Crippen LogP contribution < -0.4 is 14.9 Å². The maximum absolute atomic E-state index is 12.0. The lowest BCUT2D eigenvalue weighted by molar-refractivity contribution is 0.0919. The Balaban J connectivity index is 1.97. The summed E-state index contributed by atoms with van der Waals surface area (Å²) >= 11 is 0. The van der Waals surface area contributed by atoms with Gasteiger partial charge < -0.3 is 4.74 Å². The molecule has 2 aromatic carbocycles. The van der Waals surface area contributed by atoms with E-state index in [0.717, 1.165) is 37.1 Å². The molecule has 2 N–H and O–H groups in total. The number of hydrogen-bond acceptors (Lipinski definition) is 5. The van der Waals surface area contributed by atoms with Crippen LogP contribution in [0, 0.1) is 5.92 Å². The van der Waals surface area contributed by atoms with Crippen molar-refractivity contribution in [2.24, 2.45) is 11.8 Å². The molecule has 0 saturated carbocycles. The van der Waals surface area contributed by atoms with Gasteiger partial charge in [0.2, 0.25) is 10.0 Å². The van der Waals surface area contributed by atoms with Gasteiger partial charge >= 0.3 is 0 Å². The Morgan fingerprint density at radius 2 is 1.90 bits per heavy atom. The number of hydrazine groups is 1. The fourth-order valence-corrected chi connectivity index (χ4v) is 4.69. The number of benzene rings is 2. The molecule has 30 heavy (non-hydrogen) atoms. The highest BCUT2D eigenvalue weighted by atomic mass is 32.2. The lowest BCUT2D eigenvalue weighted by Gasteiger charge is -2.39. The van der Waals surface area contributed by atoms with Crippen LogP contribution in [0.3, 0.4) is 0 Å². The molecular formula is C23H33N3O3S. The van der Waals surface area contributed by atoms with Crippen LogP contribution in [0.2, 0.25) is 0 Å². The van der Waals surface area contributed by atoms with Crippen molar-refractivity contribution >= 4 is 15.7 Å². The molecule has 2 atom stereocenters. The summed E-state index contributed by atoms with van der Waals surface area (Å²) in [5.74, 6) is 7.53. The van der Waals surface area contributed by atoms with E-state index in [9.17, 15) is 8.42 Å². The van der Waals surface area contributed by atoms with Crippen molar-refractivity contribution in [3.05, 3.63) is 59.7 Å². The minimum absolute atomic E-state index is 0.0320. The highest BCUT2D eigenvalue weighted by Crippen LogP contribution is 2.39. The fraction of sp³-hybridized carbons (Fsp3) is 0.478. The third-order valence-corrected chi connectivity index (χ3v) is 6.89. The summed E-state index contributed by atoms with van der Waals surface area (Å²) in [6, 6.07) is 16.1. The topological polar surface area (TPSA) is 75.9 Å². The van der Waals surface area contributed by atoms with E-state index in [-0.39, 0.29) is 12.1 Å². The molecule has 1 heterocycles. The van der Waals surface area contributed by atoms with Crippen LogP contribution in [-0.4, -0.2) is 39.4 Å². The zero-order chi connectivity index (χ0) is 21.9. The number of nitrogens with zero attached hydrogens (tertiary/aromatic N) is 2. The number of ether oxygens (including phenoxy) is 1. The molecule has 1 fully saturated rings. The molecule has 3 rings (SSSR count). The highest BCUT2D eigenvalue weighted by molar-refractivity contribution is 7.92. The third kappa shape index (κ3) is 5.33. The van der Waals surface area contributed by atoms with Crippen LogP contribution >= 0.6 is 0 Å². The van der Waals surface area contributed by atoms with Gasteiger partial charge in [0.15, 0.2) is 0 Å². The first-order valence-electron chi connectivity index (χ1n) is 10.5. The zero-order valence-corrected chi connectivity index (χ0v) is 19.1. The SMILES string of the molecule is CC(C)Oc1ccc(N(C)S(C)(=O)=O)cc1CC1CCCN(N)C1c1ccccc1. The predicted octanol–water partition coefficient (Wildman–Crippen LogP) is 3.74. The Bertz CT molecular complexity index is 947. The molecule has 1 aliphatic rings. The molecule has 0 radical (unpaired) electrons. The number of piperidine rings is 1. The molecule has 0 bridgehead atoms. The first kappa shape index (κ1) is 22.6. The summed E-state index contributed by atoms with van der Waals surface area (Å²) < 4.78 is 31.5. The van der Waals surface area contributed by atoms with Crippen molar-refractivity contribution in [3.8, 4) is 5.75 Å². The molecule has 0 amide bonds. The Kier molecular flexibility index (Phi) is 7.06. The molecule has 7 heteroatoms. The van der Waals surface area contributed by atoms with Gasteiger partial charge in [-0.2, -0.15) is 0 Å². The second-order valence-electron chi connectivity index (χ2n) is 8.39. The van der Waals surface area contributed by atoms with Gasteiger partial charge in [-0.25, -0.2) is 13.4 Å². The standard InChI is InChI=1S/C23H33N3O3S/c1-17(2)29-22-13-12-21(25(3)30(4,27)28)16-20(22)15-19-11-8-14-26(24)23(19)18-9-6-5-7-10-18/h5-7,9-10,12-13,16-17,19,23H,8,11,14-15,24H2,1-4H3. The molecule has 1 aliphatic heterocycles. The van der Waals surface area contributed by atoms with Gasteiger partial charge in [-0.1, -0.05) is 30.3 Å². The summed E-state index contributed by atoms with van der Waals surface area (Å²) in [6.45, 7) is 4.85. The first-order chi connectivity index (χ1) is 14.2. The van der Waals surface area contributed by atoms with E-state index in [1.165, 1.54) is 16.1 Å². The van der Waals surface area contributed by atoms with Gasteiger partial charge in [-0.3, -0.25) is 10.1 Å². The van der Waals surface area contributed by atoms with Crippen LogP contribution in [0.25, 0.3) is 0 Å². The largest absolute Gasteiger partial charge is 0.491 e. The quantitative estimate of drug-likeness (QED) is 0.676. The minimum atomic E-state index is -3.34. The number of nitrogens with two attached hydrogens (primary N) is 1. The van der Waals surface area contributed by atoms with E-state index in [0.29, 0.717) is 11.6 Å². The summed E-state index contributed by atoms with van der Waals surface area (Å²) in [4.78, 5) is 0. The summed E-state index contributed by atoms with van der Waals surface area (Å²) in [5, 5.41) is 1.94. The van der Waals surface area contributed by atoms with Crippen molar-refractivity contribution in [2.75, 3.05) is 24.2 Å². The Morgan fingerprint density at radius 3 is 2.53 bits per heavy atom. The number of hydrogen-bond donors (Lipinski definition) is 1. The molecule has 1 saturated heterocycles. The molecular weight excluding hydrogens is 398 g/mol. The van der Waals surface area contributed by atoms with Gasteiger partial charge in [0.25, 0.3) is 0 Å². The van der Waals surface area contributed by atoms with Gasteiger partial charge in [-0.15, -0.1) is 0 Å². The van der Waals surface area contributed by atoms with Crippen LogP contribution in [0.4, 0.5) is 5.69 Å². The van der Waals surface area contributed by atoms with Gasteiger partial charge in [-0.05, 0) is 68.4 Å². The van der Waals surface area contributed by atoms with Crippen LogP contribution in [0.1, 0.15) is 43.9 Å². The minimum Gasteiger partial charge on any atom is -0.491 e. The average Bonchev–Trinajstić information content (AvgIpc) is 2.68. The molecule has 2 aromatic rings. The summed E-state index contributed by atoms with van der Waals surface area (Å²) in [5.41, 5.74) is 2.86. The van der Waals surface area contributed by atoms with E-state index >= 15 is 0 Å². The van der Waals surface area contributed by atoms with E-state index in [2.05, 4.69) is 12.1 Å². The second kappa shape index (κ2) is 9.37. The Morgan fingerprint density at radius 1 is 1.20 bits per heavy atom. The molecule has 2 unspecified atom stereocenters. The summed E-state index contributed by atoms with van der Waals surface area (Å²) in [7, 11) is -1.76. The van der Waals surface area contributed by atoms with E-state index in [1.54, 1.807) is 13.1 Å². The lowest BCUT2D eigenvalue weighted by Crippen LogP contribution is -2.44. The lowest BCUT2D eigenvalue weighted by atomic mass is 9.81. The predicted molar refractivity (Wildman–Crippen MR) is 122 cm³/mol. The number of sulfonamides is 1. The number of rotatable bonds is 7. The van der Waals surface area contributed by atoms with Crippen molar-refractivity contribution in [1.29, 1.82) is 0 Å². The Hall–Kier alpha value is -2.09. The van der Waals surface area contributed by atoms with Crippen LogP contribution in [0.15, 0.2) is 48.5 Å². The molecule has 164 valence electrons. The fourth-order valence-electron chi connectivity index (χ4n) is 4.20. The van der Waals surface area contributed by atoms with Gasteiger partial charge in [0, 0.05) is 13.6 Å². The maximum Gasteiger partial charge on any atom is 0.231 e. The highest BCUT2D eigenvalue weighted by Gasteiger charge is 2.32. The first-order valence-corrected chi connectivity index (χ1v) is 12.3. The van der Waals surface area contributed by atoms with Crippen molar-refractivity contribution in [1.82, 2.24) is 5.01 Å². The van der Waals surface area contributed by atoms with E-state index in [4.69, 9.17) is 10.6 Å².